The molecule has 0 aliphatic rings. The fourth-order valence-corrected chi connectivity index (χ4v) is 0.306. The minimum atomic E-state index is -1.58. The van der Waals surface area contributed by atoms with Crippen LogP contribution in [-0.2, 0) is 4.74 Å². The summed E-state index contributed by atoms with van der Waals surface area (Å²) in [5.41, 5.74) is -0.920. The molecule has 0 radical (unpaired) electrons. The Labute approximate surface area is 67.6 Å². The molecule has 1 nitrogen and oxygen atoms in total. The minimum Gasteiger partial charge on any atom is -0.375 e. The average molecular weight is 146 g/mol. The highest BCUT2D eigenvalue weighted by Gasteiger charge is 2.16. The highest BCUT2D eigenvalue weighted by Crippen LogP contribution is 2.17. The fraction of sp³-hybridized carbons (Fsp3) is 1.00. The van der Waals surface area contributed by atoms with Crippen molar-refractivity contribution in [1.82, 2.24) is 0 Å². The first-order valence-electron chi connectivity index (χ1n) is 4.66. The van der Waals surface area contributed by atoms with Gasteiger partial charge in [-0.2, -0.15) is 0 Å². The van der Waals surface area contributed by atoms with Crippen LogP contribution in [0.2, 0.25) is 0 Å². The molecular weight excluding hydrogens is 124 g/mol. The van der Waals surface area contributed by atoms with Crippen LogP contribution in [0, 0.1) is 5.41 Å². The maximum absolute atomic E-state index is 7.68. The molecule has 0 heterocycles. The maximum atomic E-state index is 7.68. The van der Waals surface area contributed by atoms with Crippen LogP contribution in [-0.4, -0.2) is 12.2 Å². The van der Waals surface area contributed by atoms with Crippen molar-refractivity contribution in [2.24, 2.45) is 5.41 Å². The van der Waals surface area contributed by atoms with E-state index in [4.69, 9.17) is 7.48 Å². The first-order valence-corrected chi connectivity index (χ1v) is 3.66. The van der Waals surface area contributed by atoms with Crippen molar-refractivity contribution in [2.75, 3.05) is 6.56 Å². The lowest BCUT2D eigenvalue weighted by Gasteiger charge is -2.26. The van der Waals surface area contributed by atoms with Crippen molar-refractivity contribution in [3.63, 3.8) is 0 Å². The Hall–Kier alpha value is -0.0400. The van der Waals surface area contributed by atoms with E-state index < -0.39 is 17.6 Å². The third kappa shape index (κ3) is 7.96. The molecule has 0 aliphatic carbocycles. The molecule has 0 aromatic carbocycles. The normalized spacial score (nSPS) is 18.2. The van der Waals surface area contributed by atoms with Crippen LogP contribution in [0.5, 0.6) is 0 Å². The zero-order valence-electron chi connectivity index (χ0n) is 9.91. The molecule has 0 aliphatic heterocycles. The Morgan fingerprint density at radius 2 is 1.50 bits per heavy atom. The first-order chi connectivity index (χ1) is 4.96. The van der Waals surface area contributed by atoms with E-state index in [1.807, 2.05) is 41.5 Å². The Morgan fingerprint density at radius 3 is 1.60 bits per heavy atom. The van der Waals surface area contributed by atoms with Gasteiger partial charge < -0.3 is 4.74 Å². The molecule has 0 rings (SSSR count). The lowest BCUT2D eigenvalue weighted by Crippen LogP contribution is -2.26. The summed E-state index contributed by atoms with van der Waals surface area (Å²) >= 11 is 0. The molecule has 1 heteroatoms. The Morgan fingerprint density at radius 1 is 1.10 bits per heavy atom. The molecule has 10 heavy (non-hydrogen) atoms. The zero-order chi connectivity index (χ0) is 10.2. The fourth-order valence-electron chi connectivity index (χ4n) is 0.306. The zero-order valence-corrected chi connectivity index (χ0v) is 7.91. The molecule has 0 N–H and O–H groups in total. The molecule has 0 amide bonds. The summed E-state index contributed by atoms with van der Waals surface area (Å²) in [6.45, 7) is 9.49. The van der Waals surface area contributed by atoms with Gasteiger partial charge in [-0.15, -0.1) is 0 Å². The second-order valence-electron chi connectivity index (χ2n) is 4.57. The molecule has 62 valence electrons. The second kappa shape index (κ2) is 2.91. The van der Waals surface area contributed by atoms with Crippen molar-refractivity contribution in [2.45, 2.75) is 47.1 Å². The van der Waals surface area contributed by atoms with E-state index in [1.165, 1.54) is 0 Å². The highest BCUT2D eigenvalue weighted by atomic mass is 16.5. The van der Waals surface area contributed by atoms with E-state index in [0.717, 1.165) is 0 Å². The van der Waals surface area contributed by atoms with Crippen LogP contribution in [0.4, 0.5) is 0 Å². The van der Waals surface area contributed by atoms with Gasteiger partial charge in [0, 0.05) is 0 Å². The molecule has 0 aromatic heterocycles. The molecule has 0 saturated heterocycles. The van der Waals surface area contributed by atoms with Gasteiger partial charge in [-0.25, -0.2) is 0 Å². The SMILES string of the molecule is [2H]C([2H])(OC(C)(C)C)C(C)(C)C. The van der Waals surface area contributed by atoms with Crippen LogP contribution in [0.1, 0.15) is 44.3 Å². The number of hydrogen-bond acceptors (Lipinski definition) is 1. The summed E-state index contributed by atoms with van der Waals surface area (Å²) in [6.07, 6.45) is 0. The van der Waals surface area contributed by atoms with Gasteiger partial charge in [-0.05, 0) is 26.2 Å². The van der Waals surface area contributed by atoms with Gasteiger partial charge in [-0.3, -0.25) is 0 Å². The Bertz CT molecular complexity index is 151. The van der Waals surface area contributed by atoms with Crippen molar-refractivity contribution >= 4 is 0 Å². The molecule has 0 aromatic rings. The van der Waals surface area contributed by atoms with Crippen LogP contribution in [0.3, 0.4) is 0 Å². The Kier molecular flexibility index (Phi) is 1.94. The topological polar surface area (TPSA) is 9.23 Å². The van der Waals surface area contributed by atoms with E-state index in [0.29, 0.717) is 0 Å². The van der Waals surface area contributed by atoms with Gasteiger partial charge in [0.1, 0.15) is 0 Å². The highest BCUT2D eigenvalue weighted by molar-refractivity contribution is 4.64. The summed E-state index contributed by atoms with van der Waals surface area (Å²) in [6, 6.07) is 0. The van der Waals surface area contributed by atoms with Crippen molar-refractivity contribution < 1.29 is 7.48 Å². The quantitative estimate of drug-likeness (QED) is 0.552. The van der Waals surface area contributed by atoms with Gasteiger partial charge in [0.15, 0.2) is 0 Å². The third-order valence-electron chi connectivity index (χ3n) is 0.663. The predicted molar refractivity (Wildman–Crippen MR) is 45.2 cm³/mol. The van der Waals surface area contributed by atoms with Crippen LogP contribution in [0.15, 0.2) is 0 Å². The molecule has 0 atom stereocenters. The maximum Gasteiger partial charge on any atom is 0.0598 e. The Balaban J connectivity index is 4.44. The number of hydrogen-bond donors (Lipinski definition) is 0. The van der Waals surface area contributed by atoms with E-state index in [1.54, 1.807) is 0 Å². The third-order valence-corrected chi connectivity index (χ3v) is 0.663. The monoisotopic (exact) mass is 146 g/mol. The van der Waals surface area contributed by atoms with Gasteiger partial charge in [0.2, 0.25) is 0 Å². The van der Waals surface area contributed by atoms with Gasteiger partial charge >= 0.3 is 0 Å². The lowest BCUT2D eigenvalue weighted by molar-refractivity contribution is -0.0382. The number of ether oxygens (including phenoxy) is 1. The van der Waals surface area contributed by atoms with Crippen LogP contribution < -0.4 is 0 Å². The van der Waals surface area contributed by atoms with E-state index >= 15 is 0 Å². The summed E-state index contributed by atoms with van der Waals surface area (Å²) < 4.78 is 20.7. The number of rotatable bonds is 1. The van der Waals surface area contributed by atoms with Gasteiger partial charge in [-0.1, -0.05) is 20.8 Å². The van der Waals surface area contributed by atoms with E-state index in [-0.39, 0.29) is 0 Å². The summed E-state index contributed by atoms with van der Waals surface area (Å²) in [4.78, 5) is 0. The molecule has 0 fully saturated rings. The van der Waals surface area contributed by atoms with Gasteiger partial charge in [0.25, 0.3) is 0 Å². The molecule has 0 saturated carbocycles. The molecular formula is C9H20O. The molecule has 0 unspecified atom stereocenters. The van der Waals surface area contributed by atoms with Gasteiger partial charge in [0.05, 0.1) is 14.9 Å². The first kappa shape index (κ1) is 6.66. The van der Waals surface area contributed by atoms with Crippen LogP contribution in [0.25, 0.3) is 0 Å². The standard InChI is InChI=1S/C9H20O/c1-8(2,3)7-10-9(4,5)6/h7H2,1-6H3/i7D2. The summed E-state index contributed by atoms with van der Waals surface area (Å²) in [7, 11) is 0. The summed E-state index contributed by atoms with van der Waals surface area (Å²) in [5, 5.41) is 0. The van der Waals surface area contributed by atoms with E-state index in [9.17, 15) is 0 Å². The lowest BCUT2D eigenvalue weighted by atomic mass is 9.98. The minimum absolute atomic E-state index is 0.434. The van der Waals surface area contributed by atoms with E-state index in [2.05, 4.69) is 0 Å². The van der Waals surface area contributed by atoms with Crippen molar-refractivity contribution in [1.29, 1.82) is 0 Å². The van der Waals surface area contributed by atoms with Crippen molar-refractivity contribution in [3.8, 4) is 0 Å². The smallest absolute Gasteiger partial charge is 0.0598 e. The predicted octanol–water partition coefficient (Wildman–Crippen LogP) is 2.85. The molecule has 0 bridgehead atoms. The largest absolute Gasteiger partial charge is 0.375 e. The second-order valence-corrected chi connectivity index (χ2v) is 4.57. The average Bonchev–Trinajstić information content (AvgIpc) is 1.52. The summed E-state index contributed by atoms with van der Waals surface area (Å²) in [5.74, 6) is 0. The molecule has 0 spiro atoms. The van der Waals surface area contributed by atoms with Crippen molar-refractivity contribution in [3.05, 3.63) is 0 Å². The van der Waals surface area contributed by atoms with Crippen LogP contribution >= 0.6 is 0 Å².